The number of carboxylic acids is 1. The number of hydrogen-bond acceptors (Lipinski definition) is 2. The smallest absolute Gasteiger partial charge is 0.338 e. The molecule has 2 rings (SSSR count). The van der Waals surface area contributed by atoms with Gasteiger partial charge in [-0.3, -0.25) is 0 Å². The number of carbonyl (C=O) groups is 1. The molecule has 0 unspecified atom stereocenters. The van der Waals surface area contributed by atoms with E-state index in [-0.39, 0.29) is 5.56 Å². The molecular formula is C16H16FNO2. The summed E-state index contributed by atoms with van der Waals surface area (Å²) < 4.78 is 13.7. The van der Waals surface area contributed by atoms with Gasteiger partial charge in [-0.1, -0.05) is 6.07 Å². The predicted molar refractivity (Wildman–Crippen MR) is 77.3 cm³/mol. The van der Waals surface area contributed by atoms with Gasteiger partial charge in [0.1, 0.15) is 5.82 Å². The minimum Gasteiger partial charge on any atom is -0.478 e. The fraction of sp³-hybridized carbons (Fsp3) is 0.188. The molecule has 1 N–H and O–H groups in total. The summed E-state index contributed by atoms with van der Waals surface area (Å²) in [6.45, 7) is 4.00. The molecule has 3 nitrogen and oxygen atoms in total. The summed E-state index contributed by atoms with van der Waals surface area (Å²) >= 11 is 0. The Kier molecular flexibility index (Phi) is 3.74. The first kappa shape index (κ1) is 14.1. The van der Waals surface area contributed by atoms with Gasteiger partial charge in [0.2, 0.25) is 0 Å². The highest BCUT2D eigenvalue weighted by atomic mass is 19.1. The normalized spacial score (nSPS) is 10.4. The minimum absolute atomic E-state index is 0.317. The molecule has 2 aromatic rings. The molecule has 0 aliphatic carbocycles. The Labute approximate surface area is 117 Å². The second kappa shape index (κ2) is 5.33. The zero-order valence-electron chi connectivity index (χ0n) is 11.6. The van der Waals surface area contributed by atoms with E-state index < -0.39 is 11.8 Å². The fourth-order valence-electron chi connectivity index (χ4n) is 2.18. The number of aromatic carboxylic acids is 1. The summed E-state index contributed by atoms with van der Waals surface area (Å²) in [5.74, 6) is -1.99. The van der Waals surface area contributed by atoms with Crippen molar-refractivity contribution in [1.29, 1.82) is 0 Å². The Morgan fingerprint density at radius 1 is 1.05 bits per heavy atom. The molecule has 20 heavy (non-hydrogen) atoms. The largest absolute Gasteiger partial charge is 0.478 e. The van der Waals surface area contributed by atoms with Crippen LogP contribution < -0.4 is 4.90 Å². The molecule has 104 valence electrons. The number of halogens is 1. The zero-order valence-corrected chi connectivity index (χ0v) is 11.6. The third kappa shape index (κ3) is 2.79. The maximum atomic E-state index is 13.7. The Morgan fingerprint density at radius 3 is 2.15 bits per heavy atom. The van der Waals surface area contributed by atoms with Crippen LogP contribution in [0.1, 0.15) is 21.5 Å². The number of benzene rings is 2. The third-order valence-corrected chi connectivity index (χ3v) is 3.16. The highest BCUT2D eigenvalue weighted by molar-refractivity contribution is 5.88. The maximum Gasteiger partial charge on any atom is 0.338 e. The van der Waals surface area contributed by atoms with Crippen molar-refractivity contribution in [1.82, 2.24) is 0 Å². The summed E-state index contributed by atoms with van der Waals surface area (Å²) in [7, 11) is 1.82. The second-order valence-electron chi connectivity index (χ2n) is 4.87. The highest BCUT2D eigenvalue weighted by Gasteiger charge is 2.13. The van der Waals surface area contributed by atoms with E-state index in [0.717, 1.165) is 16.8 Å². The number of nitrogens with zero attached hydrogens (tertiary/aromatic N) is 1. The lowest BCUT2D eigenvalue weighted by Gasteiger charge is -2.21. The van der Waals surface area contributed by atoms with Crippen LogP contribution in [0, 0.1) is 19.7 Å². The summed E-state index contributed by atoms with van der Waals surface area (Å²) in [6.07, 6.45) is 0. The molecule has 2 aromatic carbocycles. The van der Waals surface area contributed by atoms with E-state index in [4.69, 9.17) is 5.11 Å². The topological polar surface area (TPSA) is 40.5 Å². The van der Waals surface area contributed by atoms with Gasteiger partial charge in [-0.25, -0.2) is 9.18 Å². The third-order valence-electron chi connectivity index (χ3n) is 3.16. The lowest BCUT2D eigenvalue weighted by atomic mass is 10.1. The average molecular weight is 273 g/mol. The number of aryl methyl sites for hydroxylation is 2. The van der Waals surface area contributed by atoms with Crippen LogP contribution in [0.4, 0.5) is 15.8 Å². The summed E-state index contributed by atoms with van der Waals surface area (Å²) in [4.78, 5) is 12.6. The summed E-state index contributed by atoms with van der Waals surface area (Å²) in [5.41, 5.74) is 3.47. The first-order chi connectivity index (χ1) is 9.38. The van der Waals surface area contributed by atoms with Crippen molar-refractivity contribution in [2.45, 2.75) is 13.8 Å². The lowest BCUT2D eigenvalue weighted by Crippen LogP contribution is -2.11. The van der Waals surface area contributed by atoms with Crippen molar-refractivity contribution < 1.29 is 14.3 Å². The van der Waals surface area contributed by atoms with Crippen molar-refractivity contribution >= 4 is 17.3 Å². The van der Waals surface area contributed by atoms with Gasteiger partial charge in [0.15, 0.2) is 0 Å². The van der Waals surface area contributed by atoms with Crippen LogP contribution in [-0.4, -0.2) is 18.1 Å². The molecule has 0 bridgehead atoms. The molecule has 0 atom stereocenters. The SMILES string of the molecule is Cc1cc(C)cc(N(C)c2ccc(C(=O)O)c(F)c2)c1. The van der Waals surface area contributed by atoms with Crippen LogP contribution in [-0.2, 0) is 0 Å². The van der Waals surface area contributed by atoms with Gasteiger partial charge in [0.05, 0.1) is 5.56 Å². The Balaban J connectivity index is 2.40. The molecule has 0 aliphatic heterocycles. The minimum atomic E-state index is -1.26. The first-order valence-electron chi connectivity index (χ1n) is 6.23. The monoisotopic (exact) mass is 273 g/mol. The molecule has 0 saturated carbocycles. The molecule has 0 saturated heterocycles. The number of hydrogen-bond donors (Lipinski definition) is 1. The van der Waals surface area contributed by atoms with Crippen molar-refractivity contribution in [3.8, 4) is 0 Å². The Morgan fingerprint density at radius 2 is 1.65 bits per heavy atom. The van der Waals surface area contributed by atoms with E-state index in [1.807, 2.05) is 37.9 Å². The van der Waals surface area contributed by atoms with Crippen LogP contribution in [0.25, 0.3) is 0 Å². The maximum absolute atomic E-state index is 13.7. The molecular weight excluding hydrogens is 257 g/mol. The molecule has 4 heteroatoms. The van der Waals surface area contributed by atoms with Crippen molar-refractivity contribution in [2.24, 2.45) is 0 Å². The standard InChI is InChI=1S/C16H16FNO2/c1-10-6-11(2)8-13(7-10)18(3)12-4-5-14(16(19)20)15(17)9-12/h4-9H,1-3H3,(H,19,20). The molecule has 0 spiro atoms. The van der Waals surface area contributed by atoms with Gasteiger partial charge in [-0.2, -0.15) is 0 Å². The van der Waals surface area contributed by atoms with E-state index in [9.17, 15) is 9.18 Å². The second-order valence-corrected chi connectivity index (χ2v) is 4.87. The van der Waals surface area contributed by atoms with Gasteiger partial charge in [-0.15, -0.1) is 0 Å². The summed E-state index contributed by atoms with van der Waals surface area (Å²) in [6, 6.07) is 10.2. The van der Waals surface area contributed by atoms with Crippen LogP contribution in [0.2, 0.25) is 0 Å². The fourth-order valence-corrected chi connectivity index (χ4v) is 2.18. The number of carboxylic acid groups (broad SMARTS) is 1. The van der Waals surface area contributed by atoms with Crippen LogP contribution >= 0.6 is 0 Å². The zero-order chi connectivity index (χ0) is 14.9. The Bertz CT molecular complexity index is 647. The van der Waals surface area contributed by atoms with E-state index >= 15 is 0 Å². The van der Waals surface area contributed by atoms with Crippen LogP contribution in [0.5, 0.6) is 0 Å². The van der Waals surface area contributed by atoms with Crippen LogP contribution in [0.15, 0.2) is 36.4 Å². The highest BCUT2D eigenvalue weighted by Crippen LogP contribution is 2.27. The summed E-state index contributed by atoms with van der Waals surface area (Å²) in [5, 5.41) is 8.83. The predicted octanol–water partition coefficient (Wildman–Crippen LogP) is 3.91. The van der Waals surface area contributed by atoms with Crippen molar-refractivity contribution in [2.75, 3.05) is 11.9 Å². The van der Waals surface area contributed by atoms with E-state index in [1.165, 1.54) is 12.1 Å². The van der Waals surface area contributed by atoms with Crippen molar-refractivity contribution in [3.63, 3.8) is 0 Å². The first-order valence-corrected chi connectivity index (χ1v) is 6.23. The molecule has 0 heterocycles. The average Bonchev–Trinajstić information content (AvgIpc) is 2.36. The van der Waals surface area contributed by atoms with Crippen LogP contribution in [0.3, 0.4) is 0 Å². The molecule has 0 fully saturated rings. The number of anilines is 2. The quantitative estimate of drug-likeness (QED) is 0.921. The van der Waals surface area contributed by atoms with Gasteiger partial charge < -0.3 is 10.0 Å². The lowest BCUT2D eigenvalue weighted by molar-refractivity contribution is 0.0692. The van der Waals surface area contributed by atoms with E-state index in [1.54, 1.807) is 6.07 Å². The molecule has 0 amide bonds. The van der Waals surface area contributed by atoms with Gasteiger partial charge in [0, 0.05) is 18.4 Å². The Hall–Kier alpha value is -2.36. The molecule has 0 aromatic heterocycles. The van der Waals surface area contributed by atoms with Gasteiger partial charge in [-0.05, 0) is 55.3 Å². The van der Waals surface area contributed by atoms with Gasteiger partial charge >= 0.3 is 5.97 Å². The molecule has 0 radical (unpaired) electrons. The van der Waals surface area contributed by atoms with E-state index in [2.05, 4.69) is 6.07 Å². The van der Waals surface area contributed by atoms with Gasteiger partial charge in [0.25, 0.3) is 0 Å². The number of rotatable bonds is 3. The molecule has 0 aliphatic rings. The van der Waals surface area contributed by atoms with E-state index in [0.29, 0.717) is 5.69 Å². The van der Waals surface area contributed by atoms with Crippen molar-refractivity contribution in [3.05, 3.63) is 58.9 Å².